The molecule has 0 radical (unpaired) electrons. The van der Waals surface area contributed by atoms with Crippen LogP contribution in [0.15, 0.2) is 58.7 Å². The Morgan fingerprint density at radius 2 is 2.14 bits per heavy atom. The predicted octanol–water partition coefficient (Wildman–Crippen LogP) is 3.59. The Hall–Kier alpha value is -2.68. The van der Waals surface area contributed by atoms with Crippen LogP contribution in [0.25, 0.3) is 11.4 Å². The number of thiophene rings is 1. The number of amides is 1. The number of carbonyl (C=O) groups excluding carboxylic acids is 1. The van der Waals surface area contributed by atoms with E-state index in [1.165, 1.54) is 4.88 Å². The number of carbonyl (C=O) groups is 1. The minimum absolute atomic E-state index is 0.00606. The predicted molar refractivity (Wildman–Crippen MR) is 105 cm³/mol. The van der Waals surface area contributed by atoms with Crippen LogP contribution in [0.4, 0.5) is 0 Å². The van der Waals surface area contributed by atoms with Crippen molar-refractivity contribution in [3.8, 4) is 11.4 Å². The van der Waals surface area contributed by atoms with Crippen molar-refractivity contribution in [2.45, 2.75) is 25.0 Å². The summed E-state index contributed by atoms with van der Waals surface area (Å²) in [6.07, 6.45) is 4.34. The molecule has 1 aromatic carbocycles. The number of rotatable bonds is 4. The average molecular weight is 414 g/mol. The third-order valence-electron chi connectivity index (χ3n) is 4.85. The van der Waals surface area contributed by atoms with Crippen LogP contribution in [-0.4, -0.2) is 32.0 Å². The highest BCUT2D eigenvalue weighted by Gasteiger charge is 2.40. The number of hydrogen-bond acceptors (Lipinski definition) is 7. The van der Waals surface area contributed by atoms with Crippen molar-refractivity contribution in [1.82, 2.24) is 25.5 Å². The van der Waals surface area contributed by atoms with Crippen LogP contribution in [0, 0.1) is 0 Å². The summed E-state index contributed by atoms with van der Waals surface area (Å²) in [6, 6.07) is 11.3. The van der Waals surface area contributed by atoms with Gasteiger partial charge in [0.05, 0.1) is 11.1 Å². The van der Waals surface area contributed by atoms with Gasteiger partial charge in [0.15, 0.2) is 0 Å². The third-order valence-corrected chi connectivity index (χ3v) is 6.17. The first-order chi connectivity index (χ1) is 13.7. The molecule has 2 unspecified atom stereocenters. The van der Waals surface area contributed by atoms with E-state index >= 15 is 0 Å². The third kappa shape index (κ3) is 3.09. The Morgan fingerprint density at radius 3 is 2.96 bits per heavy atom. The monoisotopic (exact) mass is 413 g/mol. The van der Waals surface area contributed by atoms with Gasteiger partial charge in [-0.1, -0.05) is 35.0 Å². The Balaban J connectivity index is 1.31. The van der Waals surface area contributed by atoms with E-state index in [0.717, 1.165) is 6.42 Å². The number of hydrazine groups is 1. The van der Waals surface area contributed by atoms with Gasteiger partial charge in [0.1, 0.15) is 12.6 Å². The van der Waals surface area contributed by atoms with Gasteiger partial charge >= 0.3 is 0 Å². The van der Waals surface area contributed by atoms with Crippen molar-refractivity contribution >= 4 is 28.8 Å². The van der Waals surface area contributed by atoms with Crippen LogP contribution in [0.5, 0.6) is 0 Å². The lowest BCUT2D eigenvalue weighted by molar-refractivity contribution is -0.135. The van der Waals surface area contributed by atoms with E-state index in [4.69, 9.17) is 16.1 Å². The summed E-state index contributed by atoms with van der Waals surface area (Å²) in [4.78, 5) is 20.2. The first-order valence-corrected chi connectivity index (χ1v) is 10.1. The smallest absolute Gasteiger partial charge is 0.251 e. The molecule has 0 aliphatic carbocycles. The second-order valence-corrected chi connectivity index (χ2v) is 8.00. The molecule has 0 spiro atoms. The van der Waals surface area contributed by atoms with Crippen LogP contribution in [0.2, 0.25) is 5.02 Å². The Morgan fingerprint density at radius 1 is 1.25 bits per heavy atom. The number of halogens is 1. The molecular weight excluding hydrogens is 398 g/mol. The molecule has 4 heterocycles. The molecule has 1 fully saturated rings. The molecular formula is C19H16ClN5O2S. The van der Waals surface area contributed by atoms with Crippen molar-refractivity contribution in [1.29, 1.82) is 0 Å². The summed E-state index contributed by atoms with van der Waals surface area (Å²) in [5.74, 6) is 0.782. The Labute approximate surface area is 170 Å². The average Bonchev–Trinajstić information content (AvgIpc) is 3.44. The molecule has 28 heavy (non-hydrogen) atoms. The lowest BCUT2D eigenvalue weighted by Crippen LogP contribution is -2.47. The second kappa shape index (κ2) is 7.05. The van der Waals surface area contributed by atoms with Gasteiger partial charge in [-0.3, -0.25) is 4.79 Å². The topological polar surface area (TPSA) is 74.5 Å². The van der Waals surface area contributed by atoms with Crippen molar-refractivity contribution in [3.05, 3.63) is 70.0 Å². The number of hydrogen-bond donors (Lipinski definition) is 1. The van der Waals surface area contributed by atoms with E-state index < -0.39 is 0 Å². The fourth-order valence-electron chi connectivity index (χ4n) is 3.46. The molecule has 2 aliphatic heterocycles. The maximum Gasteiger partial charge on any atom is 0.251 e. The van der Waals surface area contributed by atoms with E-state index in [1.54, 1.807) is 28.5 Å². The first-order valence-electron chi connectivity index (χ1n) is 8.83. The minimum atomic E-state index is -0.247. The zero-order valence-corrected chi connectivity index (χ0v) is 16.2. The summed E-state index contributed by atoms with van der Waals surface area (Å²) in [6.45, 7) is 0.223. The molecule has 1 saturated heterocycles. The molecule has 1 N–H and O–H groups in total. The molecule has 9 heteroatoms. The van der Waals surface area contributed by atoms with Crippen LogP contribution >= 0.6 is 22.9 Å². The molecule has 1 amide bonds. The van der Waals surface area contributed by atoms with Gasteiger partial charge in [-0.2, -0.15) is 4.98 Å². The molecule has 142 valence electrons. The summed E-state index contributed by atoms with van der Waals surface area (Å²) >= 11 is 7.88. The van der Waals surface area contributed by atoms with Crippen LogP contribution in [0.3, 0.4) is 0 Å². The molecule has 0 bridgehead atoms. The molecule has 0 saturated carbocycles. The van der Waals surface area contributed by atoms with Gasteiger partial charge in [0, 0.05) is 29.3 Å². The number of nitrogens with zero attached hydrogens (tertiary/aromatic N) is 4. The normalized spacial score (nSPS) is 21.4. The number of benzene rings is 1. The second-order valence-electron chi connectivity index (χ2n) is 6.61. The van der Waals surface area contributed by atoms with Gasteiger partial charge in [-0.05, 0) is 23.6 Å². The molecule has 2 aromatic heterocycles. The standard InChI is InChI=1S/C19H16ClN5O2S/c20-13-5-2-1-4-12(13)18-21-17(27-23-18)11-24-7-8-25-15(19(24)26)10-14(22-25)16-6-3-9-28-16/h1-9,14-15,22H,10-11H2. The first kappa shape index (κ1) is 17.4. The maximum atomic E-state index is 12.9. The van der Waals surface area contributed by atoms with Gasteiger partial charge in [-0.25, -0.2) is 5.43 Å². The molecule has 3 aromatic rings. The molecule has 2 atom stereocenters. The Bertz CT molecular complexity index is 1030. The van der Waals surface area contributed by atoms with Crippen LogP contribution in [0.1, 0.15) is 23.2 Å². The quantitative estimate of drug-likeness (QED) is 0.704. The van der Waals surface area contributed by atoms with E-state index in [9.17, 15) is 4.79 Å². The molecule has 7 nitrogen and oxygen atoms in total. The van der Waals surface area contributed by atoms with Gasteiger partial charge in [0.2, 0.25) is 11.7 Å². The zero-order chi connectivity index (χ0) is 19.1. The largest absolute Gasteiger partial charge is 0.337 e. The zero-order valence-electron chi connectivity index (χ0n) is 14.7. The van der Waals surface area contributed by atoms with E-state index in [0.29, 0.717) is 22.3 Å². The fraction of sp³-hybridized carbons (Fsp3) is 0.211. The van der Waals surface area contributed by atoms with Crippen molar-refractivity contribution in [2.24, 2.45) is 0 Å². The van der Waals surface area contributed by atoms with Crippen molar-refractivity contribution in [2.75, 3.05) is 0 Å². The minimum Gasteiger partial charge on any atom is -0.337 e. The number of nitrogens with one attached hydrogen (secondary N) is 1. The summed E-state index contributed by atoms with van der Waals surface area (Å²) in [7, 11) is 0. The van der Waals surface area contributed by atoms with E-state index in [-0.39, 0.29) is 24.5 Å². The van der Waals surface area contributed by atoms with E-state index in [2.05, 4.69) is 21.6 Å². The van der Waals surface area contributed by atoms with Gasteiger partial charge in [-0.15, -0.1) is 11.3 Å². The van der Waals surface area contributed by atoms with Crippen molar-refractivity contribution in [3.63, 3.8) is 0 Å². The highest BCUT2D eigenvalue weighted by atomic mass is 35.5. The van der Waals surface area contributed by atoms with E-state index in [1.807, 2.05) is 40.9 Å². The Kier molecular flexibility index (Phi) is 4.38. The number of aromatic nitrogens is 2. The van der Waals surface area contributed by atoms with Crippen molar-refractivity contribution < 1.29 is 9.32 Å². The lowest BCUT2D eigenvalue weighted by atomic mass is 10.1. The molecule has 5 rings (SSSR count). The SMILES string of the molecule is O=C1C2CC(c3cccs3)NN2C=CN1Cc1nc(-c2ccccc2Cl)no1. The maximum absolute atomic E-state index is 12.9. The highest BCUT2D eigenvalue weighted by molar-refractivity contribution is 7.10. The summed E-state index contributed by atoms with van der Waals surface area (Å²) < 4.78 is 5.34. The summed E-state index contributed by atoms with van der Waals surface area (Å²) in [5.41, 5.74) is 4.08. The van der Waals surface area contributed by atoms with Gasteiger partial charge < -0.3 is 14.4 Å². The summed E-state index contributed by atoms with van der Waals surface area (Å²) in [5, 5.41) is 8.48. The lowest BCUT2D eigenvalue weighted by Gasteiger charge is -2.30. The highest BCUT2D eigenvalue weighted by Crippen LogP contribution is 2.33. The van der Waals surface area contributed by atoms with Gasteiger partial charge in [0.25, 0.3) is 5.91 Å². The van der Waals surface area contributed by atoms with Crippen LogP contribution in [-0.2, 0) is 11.3 Å². The number of fused-ring (bicyclic) bond motifs is 1. The van der Waals surface area contributed by atoms with Crippen LogP contribution < -0.4 is 5.43 Å². The molecule has 2 aliphatic rings. The fourth-order valence-corrected chi connectivity index (χ4v) is 4.46.